The minimum absolute atomic E-state index is 0.290. The van der Waals surface area contributed by atoms with Crippen LogP contribution in [0, 0.1) is 0 Å². The summed E-state index contributed by atoms with van der Waals surface area (Å²) in [5, 5.41) is 10.5. The minimum atomic E-state index is -0.319. The van der Waals surface area contributed by atoms with Gasteiger partial charge in [-0.25, -0.2) is 0 Å². The molecule has 3 rings (SSSR count). The van der Waals surface area contributed by atoms with Gasteiger partial charge >= 0.3 is 0 Å². The normalized spacial score (nSPS) is 30.8. The van der Waals surface area contributed by atoms with Crippen LogP contribution in [0.4, 0.5) is 0 Å². The van der Waals surface area contributed by atoms with Crippen LogP contribution in [0.25, 0.3) is 0 Å². The first-order valence-electron chi connectivity index (χ1n) is 9.70. The van der Waals surface area contributed by atoms with Gasteiger partial charge in [0.1, 0.15) is 0 Å². The van der Waals surface area contributed by atoms with Gasteiger partial charge in [-0.05, 0) is 32.2 Å². The molecule has 0 saturated carbocycles. The molecule has 0 aromatic carbocycles. The van der Waals surface area contributed by atoms with Crippen molar-refractivity contribution in [3.8, 4) is 0 Å². The van der Waals surface area contributed by atoms with E-state index in [1.165, 1.54) is 6.42 Å². The molecule has 0 bridgehead atoms. The predicted octanol–water partition coefficient (Wildman–Crippen LogP) is 0.545. The molecule has 24 heavy (non-hydrogen) atoms. The summed E-state index contributed by atoms with van der Waals surface area (Å²) in [6.07, 6.45) is 4.86. The number of aliphatic hydroxyl groups is 1. The van der Waals surface area contributed by atoms with Crippen molar-refractivity contribution in [3.05, 3.63) is 0 Å². The van der Waals surface area contributed by atoms with Gasteiger partial charge in [-0.2, -0.15) is 0 Å². The summed E-state index contributed by atoms with van der Waals surface area (Å²) < 4.78 is 5.37. The number of ether oxygens (including phenoxy) is 1. The predicted molar refractivity (Wildman–Crippen MR) is 92.9 cm³/mol. The second-order valence-corrected chi connectivity index (χ2v) is 7.42. The largest absolute Gasteiger partial charge is 0.390 e. The average Bonchev–Trinajstić information content (AvgIpc) is 3.23. The molecule has 1 N–H and O–H groups in total. The fraction of sp³-hybridized carbons (Fsp3) is 0.944. The molecule has 3 heterocycles. The van der Waals surface area contributed by atoms with Crippen LogP contribution < -0.4 is 0 Å². The Kier molecular flexibility index (Phi) is 6.49. The minimum Gasteiger partial charge on any atom is -0.390 e. The summed E-state index contributed by atoms with van der Waals surface area (Å²) in [5.74, 6) is 0.290. The molecule has 3 aliphatic rings. The van der Waals surface area contributed by atoms with Gasteiger partial charge in [0.05, 0.1) is 19.3 Å². The van der Waals surface area contributed by atoms with Crippen LogP contribution in [-0.4, -0.2) is 96.4 Å². The fourth-order valence-electron chi connectivity index (χ4n) is 4.63. The Labute approximate surface area is 145 Å². The Morgan fingerprint density at radius 3 is 2.54 bits per heavy atom. The molecule has 6 nitrogen and oxygen atoms in total. The molecule has 0 spiro atoms. The number of carbonyl (C=O) groups excluding carboxylic acids is 1. The number of morpholine rings is 1. The summed E-state index contributed by atoms with van der Waals surface area (Å²) in [6.45, 7) is 8.76. The van der Waals surface area contributed by atoms with Crippen LogP contribution in [0.2, 0.25) is 0 Å². The molecule has 0 aliphatic carbocycles. The van der Waals surface area contributed by atoms with Crippen LogP contribution in [0.3, 0.4) is 0 Å². The maximum absolute atomic E-state index is 12.2. The molecule has 0 radical (unpaired) electrons. The van der Waals surface area contributed by atoms with Crippen molar-refractivity contribution in [2.45, 2.75) is 57.2 Å². The molecule has 6 heteroatoms. The lowest BCUT2D eigenvalue weighted by molar-refractivity contribution is -0.132. The number of rotatable bonds is 6. The molecule has 3 atom stereocenters. The highest BCUT2D eigenvalue weighted by atomic mass is 16.5. The van der Waals surface area contributed by atoms with E-state index in [0.29, 0.717) is 24.4 Å². The summed E-state index contributed by atoms with van der Waals surface area (Å²) in [6, 6.07) is 0.790. The van der Waals surface area contributed by atoms with Crippen molar-refractivity contribution in [3.63, 3.8) is 0 Å². The number of likely N-dealkylation sites (tertiary alicyclic amines) is 2. The van der Waals surface area contributed by atoms with Crippen LogP contribution in [0.15, 0.2) is 0 Å². The lowest BCUT2D eigenvalue weighted by atomic mass is 10.0. The molecule has 1 amide bonds. The van der Waals surface area contributed by atoms with Crippen LogP contribution in [-0.2, 0) is 9.53 Å². The van der Waals surface area contributed by atoms with E-state index in [4.69, 9.17) is 4.74 Å². The topological polar surface area (TPSA) is 56.2 Å². The van der Waals surface area contributed by atoms with Gasteiger partial charge in [-0.15, -0.1) is 0 Å². The van der Waals surface area contributed by atoms with E-state index in [1.807, 2.05) is 6.92 Å². The van der Waals surface area contributed by atoms with Crippen molar-refractivity contribution >= 4 is 5.91 Å². The molecule has 138 valence electrons. The Morgan fingerprint density at radius 2 is 1.79 bits per heavy atom. The molecular weight excluding hydrogens is 306 g/mol. The first-order valence-corrected chi connectivity index (χ1v) is 9.70. The average molecular weight is 339 g/mol. The van der Waals surface area contributed by atoms with Gasteiger partial charge in [0.25, 0.3) is 0 Å². The fourth-order valence-corrected chi connectivity index (χ4v) is 4.63. The number of β-amino-alcohol motifs (C(OH)–C–C–N with tert-alkyl or cyclic N) is 1. The lowest BCUT2D eigenvalue weighted by Crippen LogP contribution is -2.51. The summed E-state index contributed by atoms with van der Waals surface area (Å²) in [5.41, 5.74) is 0. The molecule has 3 saturated heterocycles. The van der Waals surface area contributed by atoms with E-state index in [0.717, 1.165) is 71.7 Å². The van der Waals surface area contributed by atoms with Crippen molar-refractivity contribution in [2.24, 2.45) is 0 Å². The third-order valence-corrected chi connectivity index (χ3v) is 5.80. The maximum Gasteiger partial charge on any atom is 0.222 e. The zero-order valence-corrected chi connectivity index (χ0v) is 15.0. The molecular formula is C18H33N3O3. The Hall–Kier alpha value is -0.690. The molecule has 3 fully saturated rings. The Balaban J connectivity index is 1.53. The van der Waals surface area contributed by atoms with Gasteiger partial charge in [0.15, 0.2) is 0 Å². The van der Waals surface area contributed by atoms with Crippen molar-refractivity contribution in [1.82, 2.24) is 14.7 Å². The summed E-state index contributed by atoms with van der Waals surface area (Å²) in [7, 11) is 0. The zero-order valence-electron chi connectivity index (χ0n) is 15.0. The van der Waals surface area contributed by atoms with Gasteiger partial charge in [0.2, 0.25) is 5.91 Å². The van der Waals surface area contributed by atoms with Gasteiger partial charge in [-0.3, -0.25) is 14.6 Å². The van der Waals surface area contributed by atoms with E-state index in [1.54, 1.807) is 0 Å². The number of hydrogen-bond donors (Lipinski definition) is 1. The lowest BCUT2D eigenvalue weighted by Gasteiger charge is -2.36. The van der Waals surface area contributed by atoms with E-state index in [-0.39, 0.29) is 6.10 Å². The highest BCUT2D eigenvalue weighted by Gasteiger charge is 2.39. The zero-order chi connectivity index (χ0) is 16.9. The number of aliphatic hydroxyl groups excluding tert-OH is 1. The van der Waals surface area contributed by atoms with E-state index < -0.39 is 0 Å². The number of amides is 1. The highest BCUT2D eigenvalue weighted by Crippen LogP contribution is 2.30. The van der Waals surface area contributed by atoms with E-state index in [2.05, 4.69) is 14.7 Å². The first-order chi connectivity index (χ1) is 11.7. The highest BCUT2D eigenvalue weighted by molar-refractivity contribution is 5.76. The quantitative estimate of drug-likeness (QED) is 0.766. The second kappa shape index (κ2) is 8.61. The Morgan fingerprint density at radius 1 is 1.08 bits per heavy atom. The van der Waals surface area contributed by atoms with Gasteiger partial charge in [0, 0.05) is 51.2 Å². The van der Waals surface area contributed by atoms with Gasteiger partial charge in [-0.1, -0.05) is 6.92 Å². The maximum atomic E-state index is 12.2. The number of hydrogen-bond acceptors (Lipinski definition) is 5. The standard InChI is InChI=1S/C18H33N3O3/c1-2-18(23)21-8-4-6-17(21)16-5-3-7-20(16)14-15(22)13-19-9-11-24-12-10-19/h15-17,22H,2-14H2,1H3/t15-,16+,17-/m1/s1. The van der Waals surface area contributed by atoms with Crippen LogP contribution in [0.5, 0.6) is 0 Å². The molecule has 0 unspecified atom stereocenters. The Bertz CT molecular complexity index is 414. The van der Waals surface area contributed by atoms with E-state index in [9.17, 15) is 9.90 Å². The SMILES string of the molecule is CCC(=O)N1CCC[C@@H]1[C@@H]1CCCN1C[C@H](O)CN1CCOCC1. The van der Waals surface area contributed by atoms with Crippen molar-refractivity contribution < 1.29 is 14.6 Å². The van der Waals surface area contributed by atoms with Crippen molar-refractivity contribution in [1.29, 1.82) is 0 Å². The smallest absolute Gasteiger partial charge is 0.222 e. The molecule has 3 aliphatic heterocycles. The number of nitrogens with zero attached hydrogens (tertiary/aromatic N) is 3. The molecule has 0 aromatic heterocycles. The van der Waals surface area contributed by atoms with Crippen LogP contribution >= 0.6 is 0 Å². The third-order valence-electron chi connectivity index (χ3n) is 5.80. The monoisotopic (exact) mass is 339 g/mol. The molecule has 0 aromatic rings. The van der Waals surface area contributed by atoms with Crippen LogP contribution in [0.1, 0.15) is 39.0 Å². The number of carbonyl (C=O) groups is 1. The van der Waals surface area contributed by atoms with Crippen molar-refractivity contribution in [2.75, 3.05) is 52.5 Å². The summed E-state index contributed by atoms with van der Waals surface area (Å²) >= 11 is 0. The van der Waals surface area contributed by atoms with Gasteiger partial charge < -0.3 is 14.7 Å². The summed E-state index contributed by atoms with van der Waals surface area (Å²) in [4.78, 5) is 19.1. The second-order valence-electron chi connectivity index (χ2n) is 7.42. The first kappa shape index (κ1) is 18.1. The van der Waals surface area contributed by atoms with E-state index >= 15 is 0 Å². The third kappa shape index (κ3) is 4.28.